The van der Waals surface area contributed by atoms with Gasteiger partial charge in [-0.1, -0.05) is 73.3 Å². The third-order valence-corrected chi connectivity index (χ3v) is 8.43. The van der Waals surface area contributed by atoms with Crippen molar-refractivity contribution in [2.24, 2.45) is 11.3 Å². The second-order valence-electron chi connectivity index (χ2n) is 9.82. The normalized spacial score (nSPS) is 19.7. The van der Waals surface area contributed by atoms with Gasteiger partial charge in [0, 0.05) is 11.0 Å². The van der Waals surface area contributed by atoms with Crippen LogP contribution in [0.2, 0.25) is 10.0 Å². The minimum Gasteiger partial charge on any atom is -0.487 e. The van der Waals surface area contributed by atoms with E-state index in [-0.39, 0.29) is 28.0 Å². The molecule has 5 rings (SSSR count). The monoisotopic (exact) mass is 508 g/mol. The second kappa shape index (κ2) is 9.33. The summed E-state index contributed by atoms with van der Waals surface area (Å²) < 4.78 is 6.09. The molecule has 6 heteroatoms. The first-order valence-electron chi connectivity index (χ1n) is 11.9. The molecular formula is C29H26Cl2O4. The number of ether oxygens (including phenoxy) is 1. The molecule has 0 heterocycles. The molecule has 4 nitrogen and oxygen atoms in total. The number of Topliss-reactive ketones (excluding diaryl/α,β-unsaturated/α-hetero) is 1. The van der Waals surface area contributed by atoms with Crippen molar-refractivity contribution in [3.63, 3.8) is 0 Å². The van der Waals surface area contributed by atoms with E-state index in [1.807, 2.05) is 36.4 Å². The number of benzene rings is 3. The number of carbonyl (C=O) groups is 2. The molecule has 180 valence electrons. The van der Waals surface area contributed by atoms with Crippen LogP contribution in [0.5, 0.6) is 5.75 Å². The molecule has 0 saturated heterocycles. The SMILES string of the molecule is CC1(C2CCCC2)Cc2cc(OCc3cccc(-c4cccc(C(=O)O)c4)c3)c(Cl)c(Cl)c2C1=O. The Kier molecular flexibility index (Phi) is 6.37. The second-order valence-corrected chi connectivity index (χ2v) is 10.6. The van der Waals surface area contributed by atoms with Gasteiger partial charge in [-0.15, -0.1) is 0 Å². The van der Waals surface area contributed by atoms with E-state index >= 15 is 0 Å². The summed E-state index contributed by atoms with van der Waals surface area (Å²) in [5, 5.41) is 9.83. The van der Waals surface area contributed by atoms with Crippen LogP contribution in [0.15, 0.2) is 54.6 Å². The van der Waals surface area contributed by atoms with Gasteiger partial charge in [-0.05, 0) is 71.7 Å². The van der Waals surface area contributed by atoms with Crippen molar-refractivity contribution < 1.29 is 19.4 Å². The third kappa shape index (κ3) is 4.34. The number of carboxylic acids is 1. The minimum atomic E-state index is -0.961. The third-order valence-electron chi connectivity index (χ3n) is 7.58. The molecule has 0 bridgehead atoms. The Morgan fingerprint density at radius 1 is 1.03 bits per heavy atom. The fraction of sp³-hybridized carbons (Fsp3) is 0.310. The smallest absolute Gasteiger partial charge is 0.335 e. The summed E-state index contributed by atoms with van der Waals surface area (Å²) in [4.78, 5) is 24.7. The van der Waals surface area contributed by atoms with E-state index in [0.29, 0.717) is 23.7 Å². The Balaban J connectivity index is 1.38. The number of rotatable bonds is 6. The van der Waals surface area contributed by atoms with Gasteiger partial charge in [0.15, 0.2) is 5.78 Å². The molecule has 1 fully saturated rings. The van der Waals surface area contributed by atoms with Crippen molar-refractivity contribution in [2.75, 3.05) is 0 Å². The number of ketones is 1. The predicted octanol–water partition coefficient (Wildman–Crippen LogP) is 7.87. The lowest BCUT2D eigenvalue weighted by Crippen LogP contribution is -2.32. The van der Waals surface area contributed by atoms with Crippen molar-refractivity contribution in [3.8, 4) is 16.9 Å². The Morgan fingerprint density at radius 2 is 1.71 bits per heavy atom. The fourth-order valence-corrected chi connectivity index (χ4v) is 6.13. The van der Waals surface area contributed by atoms with E-state index < -0.39 is 11.4 Å². The van der Waals surface area contributed by atoms with Gasteiger partial charge in [-0.25, -0.2) is 4.79 Å². The van der Waals surface area contributed by atoms with Gasteiger partial charge in [0.05, 0.1) is 10.6 Å². The maximum atomic E-state index is 13.4. The van der Waals surface area contributed by atoms with Crippen LogP contribution >= 0.6 is 23.2 Å². The minimum absolute atomic E-state index is 0.106. The van der Waals surface area contributed by atoms with Gasteiger partial charge in [0.2, 0.25) is 0 Å². The van der Waals surface area contributed by atoms with E-state index in [1.165, 1.54) is 12.8 Å². The summed E-state index contributed by atoms with van der Waals surface area (Å²) in [6.07, 6.45) is 5.17. The highest BCUT2D eigenvalue weighted by atomic mass is 35.5. The lowest BCUT2D eigenvalue weighted by atomic mass is 9.73. The average molecular weight is 509 g/mol. The molecule has 2 aliphatic rings. The first kappa shape index (κ1) is 23.9. The summed E-state index contributed by atoms with van der Waals surface area (Å²) in [6, 6.07) is 16.4. The molecule has 0 spiro atoms. The number of fused-ring (bicyclic) bond motifs is 1. The lowest BCUT2D eigenvalue weighted by molar-refractivity contribution is 0.0695. The summed E-state index contributed by atoms with van der Waals surface area (Å²) in [7, 11) is 0. The average Bonchev–Trinajstić information content (AvgIpc) is 3.49. The first-order chi connectivity index (χ1) is 16.8. The number of hydrogen-bond acceptors (Lipinski definition) is 3. The zero-order valence-corrected chi connectivity index (χ0v) is 21.0. The van der Waals surface area contributed by atoms with Crippen molar-refractivity contribution in [3.05, 3.63) is 86.9 Å². The standard InChI is InChI=1S/C29H26Cl2O4/c1-29(22-10-2-3-11-22)15-21-14-23(25(30)26(31)24(21)27(29)32)35-16-17-6-4-7-18(12-17)19-8-5-9-20(13-19)28(33)34/h4-9,12-14,22H,2-3,10-11,15-16H2,1H3,(H,33,34). The van der Waals surface area contributed by atoms with Crippen LogP contribution in [-0.4, -0.2) is 16.9 Å². The van der Waals surface area contributed by atoms with Crippen molar-refractivity contribution in [1.82, 2.24) is 0 Å². The zero-order chi connectivity index (χ0) is 24.7. The zero-order valence-electron chi connectivity index (χ0n) is 19.4. The van der Waals surface area contributed by atoms with E-state index in [4.69, 9.17) is 27.9 Å². The molecule has 0 radical (unpaired) electrons. The maximum Gasteiger partial charge on any atom is 0.335 e. The summed E-state index contributed by atoms with van der Waals surface area (Å²) in [5.41, 5.74) is 3.89. The van der Waals surface area contributed by atoms with Crippen LogP contribution in [0.3, 0.4) is 0 Å². The first-order valence-corrected chi connectivity index (χ1v) is 12.6. The highest BCUT2D eigenvalue weighted by molar-refractivity contribution is 6.45. The molecule has 2 aliphatic carbocycles. The van der Waals surface area contributed by atoms with Gasteiger partial charge in [0.25, 0.3) is 0 Å². The van der Waals surface area contributed by atoms with Crippen LogP contribution in [-0.2, 0) is 13.0 Å². The number of hydrogen-bond donors (Lipinski definition) is 1. The summed E-state index contributed by atoms with van der Waals surface area (Å²) in [6.45, 7) is 2.33. The molecule has 35 heavy (non-hydrogen) atoms. The van der Waals surface area contributed by atoms with Crippen LogP contribution in [0.25, 0.3) is 11.1 Å². The van der Waals surface area contributed by atoms with Crippen LogP contribution in [0, 0.1) is 11.3 Å². The number of carboxylic acid groups (broad SMARTS) is 1. The van der Waals surface area contributed by atoms with Gasteiger partial charge < -0.3 is 9.84 Å². The topological polar surface area (TPSA) is 63.6 Å². The molecule has 1 atom stereocenters. The fourth-order valence-electron chi connectivity index (χ4n) is 5.63. The Bertz CT molecular complexity index is 1330. The molecule has 0 aromatic heterocycles. The Morgan fingerprint density at radius 3 is 2.43 bits per heavy atom. The van der Waals surface area contributed by atoms with Gasteiger partial charge in [-0.3, -0.25) is 4.79 Å². The number of halogens is 2. The number of aromatic carboxylic acids is 1. The van der Waals surface area contributed by atoms with Crippen molar-refractivity contribution in [1.29, 1.82) is 0 Å². The molecule has 1 unspecified atom stereocenters. The summed E-state index contributed by atoms with van der Waals surface area (Å²) in [5.74, 6) is -0.00716. The van der Waals surface area contributed by atoms with Gasteiger partial charge in [-0.2, -0.15) is 0 Å². The highest BCUT2D eigenvalue weighted by Crippen LogP contribution is 2.52. The van der Waals surface area contributed by atoms with E-state index in [9.17, 15) is 14.7 Å². The van der Waals surface area contributed by atoms with Crippen LogP contribution in [0.1, 0.15) is 64.4 Å². The Hall–Kier alpha value is -2.82. The molecular weight excluding hydrogens is 483 g/mol. The quantitative estimate of drug-likeness (QED) is 0.367. The maximum absolute atomic E-state index is 13.4. The van der Waals surface area contributed by atoms with Gasteiger partial charge in [0.1, 0.15) is 17.4 Å². The van der Waals surface area contributed by atoms with E-state index in [2.05, 4.69) is 6.92 Å². The molecule has 1 saturated carbocycles. The van der Waals surface area contributed by atoms with Crippen LogP contribution in [0.4, 0.5) is 0 Å². The highest BCUT2D eigenvalue weighted by Gasteiger charge is 2.49. The van der Waals surface area contributed by atoms with E-state index in [0.717, 1.165) is 35.1 Å². The molecule has 1 N–H and O–H groups in total. The molecule has 3 aromatic rings. The van der Waals surface area contributed by atoms with Crippen molar-refractivity contribution in [2.45, 2.75) is 45.6 Å². The molecule has 3 aromatic carbocycles. The largest absolute Gasteiger partial charge is 0.487 e. The molecule has 0 aliphatic heterocycles. The van der Waals surface area contributed by atoms with E-state index in [1.54, 1.807) is 18.2 Å². The number of carbonyl (C=O) groups excluding carboxylic acids is 1. The molecule has 0 amide bonds. The van der Waals surface area contributed by atoms with Crippen LogP contribution < -0.4 is 4.74 Å². The lowest BCUT2D eigenvalue weighted by Gasteiger charge is -2.29. The van der Waals surface area contributed by atoms with Gasteiger partial charge >= 0.3 is 5.97 Å². The Labute approximate surface area is 214 Å². The summed E-state index contributed by atoms with van der Waals surface area (Å²) >= 11 is 13.2. The predicted molar refractivity (Wildman–Crippen MR) is 138 cm³/mol. The van der Waals surface area contributed by atoms with Crippen molar-refractivity contribution >= 4 is 35.0 Å².